The van der Waals surface area contributed by atoms with Crippen molar-refractivity contribution in [2.24, 2.45) is 0 Å². The molecule has 0 aromatic heterocycles. The fourth-order valence-corrected chi connectivity index (χ4v) is 1.49. The van der Waals surface area contributed by atoms with Crippen LogP contribution in [0.3, 0.4) is 0 Å². The van der Waals surface area contributed by atoms with E-state index in [9.17, 15) is 19.7 Å². The van der Waals surface area contributed by atoms with Gasteiger partial charge in [0.1, 0.15) is 5.56 Å². The smallest absolute Gasteiger partial charge is 0.342 e. The summed E-state index contributed by atoms with van der Waals surface area (Å²) in [5.41, 5.74) is -0.577. The molecule has 1 aromatic carbocycles. The van der Waals surface area contributed by atoms with Gasteiger partial charge in [0.15, 0.2) is 0 Å². The van der Waals surface area contributed by atoms with Gasteiger partial charge in [-0.05, 0) is 18.6 Å². The monoisotopic (exact) mass is 281 g/mol. The molecule has 8 nitrogen and oxygen atoms in total. The summed E-state index contributed by atoms with van der Waals surface area (Å²) >= 11 is 0. The Morgan fingerprint density at radius 2 is 2.10 bits per heavy atom. The quantitative estimate of drug-likeness (QED) is 0.510. The summed E-state index contributed by atoms with van der Waals surface area (Å²) in [6.07, 6.45) is 0.812. The summed E-state index contributed by atoms with van der Waals surface area (Å²) in [4.78, 5) is 32.2. The molecule has 0 radical (unpaired) electrons. The molecule has 0 aliphatic rings. The molecule has 0 unspecified atom stereocenters. The summed E-state index contributed by atoms with van der Waals surface area (Å²) in [6, 6.07) is 3.58. The summed E-state index contributed by atoms with van der Waals surface area (Å²) in [6.45, 7) is 2.45. The second-order valence-electron chi connectivity index (χ2n) is 4.00. The first kappa shape index (κ1) is 15.4. The third-order valence-corrected chi connectivity index (χ3v) is 2.45. The highest BCUT2D eigenvalue weighted by molar-refractivity contribution is 5.93. The van der Waals surface area contributed by atoms with Crippen LogP contribution in [0.15, 0.2) is 18.2 Å². The van der Waals surface area contributed by atoms with Crippen molar-refractivity contribution in [2.75, 3.05) is 18.4 Å². The van der Waals surface area contributed by atoms with E-state index in [0.717, 1.165) is 18.6 Å². The van der Waals surface area contributed by atoms with Crippen LogP contribution in [-0.4, -0.2) is 35.0 Å². The largest absolute Gasteiger partial charge is 0.477 e. The van der Waals surface area contributed by atoms with E-state index in [-0.39, 0.29) is 12.5 Å². The molecular weight excluding hydrogens is 266 g/mol. The second-order valence-corrected chi connectivity index (χ2v) is 4.00. The van der Waals surface area contributed by atoms with Crippen LogP contribution in [0, 0.1) is 10.1 Å². The Morgan fingerprint density at radius 3 is 2.65 bits per heavy atom. The zero-order valence-corrected chi connectivity index (χ0v) is 10.9. The van der Waals surface area contributed by atoms with E-state index in [2.05, 4.69) is 10.6 Å². The SMILES string of the molecule is CCCNC(=O)CNc1ccc([N+](=O)[O-])c(C(=O)O)c1. The number of aromatic carboxylic acids is 1. The molecule has 0 aliphatic heterocycles. The van der Waals surface area contributed by atoms with Crippen LogP contribution in [0.2, 0.25) is 0 Å². The Balaban J connectivity index is 2.77. The summed E-state index contributed by atoms with van der Waals surface area (Å²) in [5.74, 6) is -1.63. The van der Waals surface area contributed by atoms with Gasteiger partial charge >= 0.3 is 5.97 Å². The molecule has 1 rings (SSSR count). The first-order valence-corrected chi connectivity index (χ1v) is 5.98. The predicted molar refractivity (Wildman–Crippen MR) is 71.8 cm³/mol. The predicted octanol–water partition coefficient (Wildman–Crippen LogP) is 1.23. The van der Waals surface area contributed by atoms with Crippen molar-refractivity contribution in [1.29, 1.82) is 0 Å². The molecule has 0 saturated heterocycles. The summed E-state index contributed by atoms with van der Waals surface area (Å²) < 4.78 is 0. The molecule has 8 heteroatoms. The Hall–Kier alpha value is -2.64. The van der Waals surface area contributed by atoms with Crippen LogP contribution in [0.5, 0.6) is 0 Å². The molecule has 0 heterocycles. The lowest BCUT2D eigenvalue weighted by molar-refractivity contribution is -0.385. The molecule has 0 spiro atoms. The number of nitrogens with one attached hydrogen (secondary N) is 2. The van der Waals surface area contributed by atoms with Crippen molar-refractivity contribution in [3.8, 4) is 0 Å². The van der Waals surface area contributed by atoms with Crippen molar-refractivity contribution in [3.05, 3.63) is 33.9 Å². The number of nitro groups is 1. The van der Waals surface area contributed by atoms with Gasteiger partial charge in [-0.25, -0.2) is 4.79 Å². The summed E-state index contributed by atoms with van der Waals surface area (Å²) in [5, 5.41) is 25.0. The van der Waals surface area contributed by atoms with Crippen LogP contribution in [0.1, 0.15) is 23.7 Å². The molecule has 0 bridgehead atoms. The number of nitrogens with zero attached hydrogens (tertiary/aromatic N) is 1. The van der Waals surface area contributed by atoms with E-state index in [1.165, 1.54) is 6.07 Å². The van der Waals surface area contributed by atoms with Crippen molar-refractivity contribution < 1.29 is 19.6 Å². The topological polar surface area (TPSA) is 122 Å². The van der Waals surface area contributed by atoms with Crippen LogP contribution >= 0.6 is 0 Å². The van der Waals surface area contributed by atoms with Gasteiger partial charge in [-0.3, -0.25) is 14.9 Å². The van der Waals surface area contributed by atoms with Crippen molar-refractivity contribution in [2.45, 2.75) is 13.3 Å². The standard InChI is InChI=1S/C12H15N3O5/c1-2-5-13-11(16)7-14-8-3-4-10(15(19)20)9(6-8)12(17)18/h3-4,6,14H,2,5,7H2,1H3,(H,13,16)(H,17,18). The highest BCUT2D eigenvalue weighted by Gasteiger charge is 2.19. The van der Waals surface area contributed by atoms with Crippen LogP contribution < -0.4 is 10.6 Å². The number of hydrogen-bond donors (Lipinski definition) is 3. The maximum Gasteiger partial charge on any atom is 0.342 e. The normalized spacial score (nSPS) is 9.85. The van der Waals surface area contributed by atoms with Crippen LogP contribution in [-0.2, 0) is 4.79 Å². The lowest BCUT2D eigenvalue weighted by Gasteiger charge is -2.08. The fraction of sp³-hybridized carbons (Fsp3) is 0.333. The first-order chi connectivity index (χ1) is 9.45. The molecule has 0 saturated carbocycles. The third-order valence-electron chi connectivity index (χ3n) is 2.45. The minimum Gasteiger partial charge on any atom is -0.477 e. The molecular formula is C12H15N3O5. The highest BCUT2D eigenvalue weighted by atomic mass is 16.6. The number of carboxylic acid groups (broad SMARTS) is 1. The van der Waals surface area contributed by atoms with E-state index in [1.54, 1.807) is 0 Å². The number of anilines is 1. The van der Waals surface area contributed by atoms with Crippen molar-refractivity contribution >= 4 is 23.3 Å². The molecule has 3 N–H and O–H groups in total. The zero-order valence-electron chi connectivity index (χ0n) is 10.9. The molecule has 0 atom stereocenters. The highest BCUT2D eigenvalue weighted by Crippen LogP contribution is 2.22. The van der Waals surface area contributed by atoms with E-state index in [4.69, 9.17) is 5.11 Å². The Bertz CT molecular complexity index is 530. The Morgan fingerprint density at radius 1 is 1.40 bits per heavy atom. The van der Waals surface area contributed by atoms with E-state index in [0.29, 0.717) is 12.2 Å². The maximum atomic E-state index is 11.4. The van der Waals surface area contributed by atoms with Gasteiger partial charge in [0.2, 0.25) is 5.91 Å². The number of nitro benzene ring substituents is 1. The maximum absolute atomic E-state index is 11.4. The number of carboxylic acids is 1. The number of carbonyl (C=O) groups is 2. The van der Waals surface area contributed by atoms with Gasteiger partial charge in [-0.15, -0.1) is 0 Å². The van der Waals surface area contributed by atoms with Crippen LogP contribution in [0.4, 0.5) is 11.4 Å². The molecule has 1 amide bonds. The molecule has 20 heavy (non-hydrogen) atoms. The van der Waals surface area contributed by atoms with Gasteiger partial charge in [0.25, 0.3) is 5.69 Å². The van der Waals surface area contributed by atoms with Gasteiger partial charge in [0, 0.05) is 18.3 Å². The average molecular weight is 281 g/mol. The van der Waals surface area contributed by atoms with Gasteiger partial charge < -0.3 is 15.7 Å². The second kappa shape index (κ2) is 7.07. The van der Waals surface area contributed by atoms with E-state index in [1.807, 2.05) is 6.92 Å². The van der Waals surface area contributed by atoms with Gasteiger partial charge in [-0.2, -0.15) is 0 Å². The zero-order chi connectivity index (χ0) is 15.1. The number of benzene rings is 1. The fourth-order valence-electron chi connectivity index (χ4n) is 1.49. The minimum atomic E-state index is -1.39. The van der Waals surface area contributed by atoms with Crippen molar-refractivity contribution in [3.63, 3.8) is 0 Å². The number of amides is 1. The lowest BCUT2D eigenvalue weighted by Crippen LogP contribution is -2.30. The van der Waals surface area contributed by atoms with Crippen LogP contribution in [0.25, 0.3) is 0 Å². The summed E-state index contributed by atoms with van der Waals surface area (Å²) in [7, 11) is 0. The van der Waals surface area contributed by atoms with Crippen molar-refractivity contribution in [1.82, 2.24) is 5.32 Å². The molecule has 108 valence electrons. The molecule has 1 aromatic rings. The average Bonchev–Trinajstić information content (AvgIpc) is 2.42. The minimum absolute atomic E-state index is 0.0309. The van der Waals surface area contributed by atoms with Gasteiger partial charge in [-0.1, -0.05) is 6.92 Å². The molecule has 0 fully saturated rings. The number of rotatable bonds is 7. The number of carbonyl (C=O) groups excluding carboxylic acids is 1. The van der Waals surface area contributed by atoms with Gasteiger partial charge in [0.05, 0.1) is 11.5 Å². The Kier molecular flexibility index (Phi) is 5.45. The Labute approximate surface area is 114 Å². The molecule has 0 aliphatic carbocycles. The first-order valence-electron chi connectivity index (χ1n) is 5.98. The number of hydrogen-bond acceptors (Lipinski definition) is 5. The van der Waals surface area contributed by atoms with E-state index < -0.39 is 22.1 Å². The third kappa shape index (κ3) is 4.23. The lowest BCUT2D eigenvalue weighted by atomic mass is 10.1. The van der Waals surface area contributed by atoms with E-state index >= 15 is 0 Å².